The Morgan fingerprint density at radius 3 is 1.02 bits per heavy atom. The van der Waals surface area contributed by atoms with E-state index in [2.05, 4.69) is 46.6 Å². The molecule has 1 saturated carbocycles. The minimum atomic E-state index is -1.69. The van der Waals surface area contributed by atoms with Gasteiger partial charge in [0.15, 0.2) is 34.7 Å². The normalized spacial score (nSPS) is 14.0. The molecule has 0 saturated heterocycles. The number of rotatable bonds is 25. The van der Waals surface area contributed by atoms with Crippen molar-refractivity contribution in [1.82, 2.24) is 44.6 Å². The lowest BCUT2D eigenvalue weighted by molar-refractivity contribution is -0.110. The molecule has 19 nitrogen and oxygen atoms in total. The van der Waals surface area contributed by atoms with Crippen LogP contribution in [-0.4, -0.2) is 148 Å². The van der Waals surface area contributed by atoms with Gasteiger partial charge in [-0.15, -0.1) is 12.4 Å². The minimum absolute atomic E-state index is 0. The van der Waals surface area contributed by atoms with Gasteiger partial charge in [-0.1, -0.05) is 53.0 Å². The van der Waals surface area contributed by atoms with Crippen LogP contribution in [0.15, 0.2) is 165 Å². The fourth-order valence-electron chi connectivity index (χ4n) is 12.8. The van der Waals surface area contributed by atoms with Gasteiger partial charge in [-0.25, -0.2) is 28.1 Å². The van der Waals surface area contributed by atoms with Crippen molar-refractivity contribution in [2.24, 2.45) is 0 Å². The van der Waals surface area contributed by atoms with Crippen LogP contribution < -0.4 is 31.9 Å². The number of anilines is 9. The van der Waals surface area contributed by atoms with Gasteiger partial charge in [0, 0.05) is 96.1 Å². The van der Waals surface area contributed by atoms with Crippen LogP contribution in [0.2, 0.25) is 15.1 Å². The molecule has 13 rings (SSSR count). The number of aldehydes is 1. The van der Waals surface area contributed by atoms with Crippen LogP contribution in [0.1, 0.15) is 23.1 Å². The van der Waals surface area contributed by atoms with Gasteiger partial charge in [-0.05, 0) is 191 Å². The number of aromatic hydroxyl groups is 3. The van der Waals surface area contributed by atoms with Crippen LogP contribution in [0.25, 0.3) is 66.1 Å². The molecule has 0 spiro atoms. The number of nitrogens with one attached hydrogen (secondary N) is 6. The fourth-order valence-corrected chi connectivity index (χ4v) is 13.4. The summed E-state index contributed by atoms with van der Waals surface area (Å²) < 4.78 is 46.8. The van der Waals surface area contributed by atoms with E-state index < -0.39 is 45.5 Å². The van der Waals surface area contributed by atoms with Crippen molar-refractivity contribution in [1.29, 1.82) is 0 Å². The monoisotopic (exact) mass is 1450 g/mol. The molecule has 26 heteroatoms. The molecular weight excluding hydrogens is 1390 g/mol. The van der Waals surface area contributed by atoms with Crippen molar-refractivity contribution in [2.45, 2.75) is 17.3 Å². The zero-order valence-corrected chi connectivity index (χ0v) is 59.2. The van der Waals surface area contributed by atoms with E-state index in [1.807, 2.05) is 96.9 Å². The third kappa shape index (κ3) is 14.4. The molecule has 1 fully saturated rings. The van der Waals surface area contributed by atoms with Crippen molar-refractivity contribution >= 4 is 138 Å². The van der Waals surface area contributed by atoms with Gasteiger partial charge in [0.2, 0.25) is 0 Å². The van der Waals surface area contributed by atoms with E-state index in [-0.39, 0.29) is 33.9 Å². The minimum Gasteiger partial charge on any atom is -0.504 e. The first kappa shape index (κ1) is 71.5. The second-order valence-electron chi connectivity index (χ2n) is 25.7. The maximum absolute atomic E-state index is 15.8. The fraction of sp³-hybridized carbons (Fsp3) is 0.197. The molecule has 1 unspecified atom stereocenters. The predicted molar refractivity (Wildman–Crippen MR) is 406 cm³/mol. The summed E-state index contributed by atoms with van der Waals surface area (Å²) in [4.78, 5) is 52.1. The summed E-state index contributed by atoms with van der Waals surface area (Å²) in [6.45, 7) is 4.06. The summed E-state index contributed by atoms with van der Waals surface area (Å²) in [5.41, 5.74) is 4.89. The Labute approximate surface area is 607 Å². The van der Waals surface area contributed by atoms with Crippen molar-refractivity contribution in [3.8, 4) is 50.6 Å². The smallest absolute Gasteiger partial charge is 0.170 e. The topological polar surface area (TPSA) is 237 Å². The Bertz CT molecular complexity index is 4890. The predicted octanol–water partition coefficient (Wildman–Crippen LogP) is 16.4. The van der Waals surface area contributed by atoms with Crippen molar-refractivity contribution < 1.29 is 33.3 Å². The molecule has 9 N–H and O–H groups in total. The van der Waals surface area contributed by atoms with Crippen molar-refractivity contribution in [3.05, 3.63) is 214 Å². The number of carbonyl (C=O) groups excluding carboxylic acids is 1. The summed E-state index contributed by atoms with van der Waals surface area (Å²) in [5, 5.41) is 53.9. The Kier molecular flexibility index (Phi) is 20.8. The van der Waals surface area contributed by atoms with Crippen molar-refractivity contribution in [2.75, 3.05) is 113 Å². The zero-order chi connectivity index (χ0) is 71.0. The number of benzene rings is 6. The number of aromatic nitrogens is 6. The van der Waals surface area contributed by atoms with Gasteiger partial charge in [0.1, 0.15) is 23.7 Å². The third-order valence-corrected chi connectivity index (χ3v) is 19.0. The Balaban J connectivity index is 0.00000982. The number of pyridine rings is 6. The lowest BCUT2D eigenvalue weighted by Crippen LogP contribution is -2.28. The number of hydrogen-bond acceptors (Lipinski definition) is 19. The number of nitrogens with zero attached hydrogens (tertiary/aromatic N) is 9. The van der Waals surface area contributed by atoms with Gasteiger partial charge in [-0.2, -0.15) is 0 Å². The van der Waals surface area contributed by atoms with E-state index in [1.54, 1.807) is 73.6 Å². The average Bonchev–Trinajstić information content (AvgIpc) is 1.48. The highest BCUT2D eigenvalue weighted by Crippen LogP contribution is 2.72. The molecule has 1 aliphatic rings. The lowest BCUT2D eigenvalue weighted by atomic mass is 9.76. The van der Waals surface area contributed by atoms with Crippen LogP contribution >= 0.6 is 47.2 Å². The number of hydrogen-bond donors (Lipinski definition) is 9. The van der Waals surface area contributed by atoms with E-state index in [0.717, 1.165) is 25.9 Å². The lowest BCUT2D eigenvalue weighted by Gasteiger charge is -2.30. The van der Waals surface area contributed by atoms with Gasteiger partial charge in [0.25, 0.3) is 0 Å². The molecular formula is C76H70Cl4F3N15O4. The molecule has 6 heterocycles. The highest BCUT2D eigenvalue weighted by atomic mass is 35.5. The van der Waals surface area contributed by atoms with Gasteiger partial charge < -0.3 is 66.7 Å². The average molecular weight is 1460 g/mol. The number of halogens is 7. The van der Waals surface area contributed by atoms with Crippen LogP contribution in [0, 0.1) is 17.5 Å². The number of phenols is 3. The number of carbonyl (C=O) groups is 1. The first-order chi connectivity index (χ1) is 48.6. The second-order valence-corrected chi connectivity index (χ2v) is 27.0. The highest BCUT2D eigenvalue weighted by Gasteiger charge is 2.73. The SMILES string of the molecule is CN(C)CCNc1ccc(Nc2c(C3(C=O)CC3(c3cnc4ccc(-c5cc(F)c(O)c(Cl)c5)cc4c3Nc3ccc(NCCN(C)C)nc3)c3cnc4ccc(-c5cc(F)c(O)c(Cl)c5)cc4c3Nc3ccc(NCCN(C)C)nc3)cnc3ccc(-c4cc(F)c(O)c(Cl)c4)cc23)cn1.Cl. The Hall–Kier alpha value is -10.3. The molecule has 102 heavy (non-hydrogen) atoms. The molecule has 6 aromatic carbocycles. The third-order valence-electron chi connectivity index (χ3n) is 18.1. The summed E-state index contributed by atoms with van der Waals surface area (Å²) in [5.74, 6) is -3.07. The standard InChI is InChI=1S/C76H69Cl3F3N15O4.ClH/c1-95(2)22-19-83-66-16-10-48(34-89-66)92-69-51-25-42(45-28-57(77)72(99)60(80)31-45)7-13-63(51)86-37-54(69)75(41-98)40-76(75,55-38-87-64-14-8-43(46-29-58(78)73(100)61(81)32-46)26-52(64)70(55)93-49-11-17-67(90-35-49)84-20-23-96(3)4)56-39-88-65-15-9-44(47-30-59(79)74(101)62(82)33-47)27-53(65)71(56)94-50-12-18-68(91-36-50)85-21-24-97(5)6;/h7-18,25-39,41,99-101H,19-24,40H2,1-6H3,(H,83,89)(H,84,90)(H,85,91)(H,86,92)(H,87,93)(H,88,94);1H. The number of phenolic OH excluding ortho intramolecular Hbond substituents is 3. The van der Waals surface area contributed by atoms with Crippen LogP contribution in [-0.2, 0) is 15.6 Å². The molecule has 6 aromatic heterocycles. The molecule has 12 aromatic rings. The quantitative estimate of drug-likeness (QED) is 0.0242. The van der Waals surface area contributed by atoms with Gasteiger partial charge >= 0.3 is 0 Å². The number of fused-ring (bicyclic) bond motifs is 3. The number of likely N-dealkylation sites (N-methyl/N-ethyl adjacent to an activating group) is 3. The molecule has 1 aliphatic carbocycles. The summed E-state index contributed by atoms with van der Waals surface area (Å²) in [6, 6.07) is 35.3. The van der Waals surface area contributed by atoms with E-state index in [9.17, 15) is 15.3 Å². The van der Waals surface area contributed by atoms with Crippen LogP contribution in [0.5, 0.6) is 17.2 Å². The summed E-state index contributed by atoms with van der Waals surface area (Å²) in [6.07, 6.45) is 11.1. The zero-order valence-electron chi connectivity index (χ0n) is 56.1. The molecule has 522 valence electrons. The molecule has 0 aliphatic heterocycles. The summed E-state index contributed by atoms with van der Waals surface area (Å²) >= 11 is 19.5. The van der Waals surface area contributed by atoms with Crippen LogP contribution in [0.4, 0.5) is 64.7 Å². The van der Waals surface area contributed by atoms with Crippen LogP contribution in [0.3, 0.4) is 0 Å². The van der Waals surface area contributed by atoms with Crippen molar-refractivity contribution in [3.63, 3.8) is 0 Å². The maximum Gasteiger partial charge on any atom is 0.170 e. The van der Waals surface area contributed by atoms with E-state index in [0.29, 0.717) is 154 Å². The molecule has 0 amide bonds. The highest BCUT2D eigenvalue weighted by molar-refractivity contribution is 6.33. The largest absolute Gasteiger partial charge is 0.504 e. The van der Waals surface area contributed by atoms with E-state index in [4.69, 9.17) is 64.7 Å². The molecule has 0 bridgehead atoms. The molecule has 1 atom stereocenters. The van der Waals surface area contributed by atoms with Gasteiger partial charge in [-0.3, -0.25) is 15.0 Å². The maximum atomic E-state index is 15.8. The summed E-state index contributed by atoms with van der Waals surface area (Å²) in [7, 11) is 11.9. The van der Waals surface area contributed by atoms with E-state index >= 15 is 18.0 Å². The Morgan fingerprint density at radius 2 is 0.735 bits per heavy atom. The van der Waals surface area contributed by atoms with E-state index in [1.165, 1.54) is 36.4 Å². The first-order valence-electron chi connectivity index (χ1n) is 32.3. The molecule has 0 radical (unpaired) electrons. The Morgan fingerprint density at radius 1 is 0.422 bits per heavy atom. The first-order valence-corrected chi connectivity index (χ1v) is 33.4. The van der Waals surface area contributed by atoms with Gasteiger partial charge in [0.05, 0.1) is 89.7 Å². The second kappa shape index (κ2) is 29.7.